The number of halogens is 2. The molecule has 4 aliphatic rings. The van der Waals surface area contributed by atoms with Crippen LogP contribution in [0, 0.1) is 11.8 Å². The van der Waals surface area contributed by atoms with Crippen LogP contribution in [0.25, 0.3) is 21.8 Å². The maximum absolute atomic E-state index is 15.4. The van der Waals surface area contributed by atoms with E-state index in [9.17, 15) is 28.8 Å². The van der Waals surface area contributed by atoms with Crippen LogP contribution in [0.15, 0.2) is 109 Å². The van der Waals surface area contributed by atoms with Gasteiger partial charge in [0.15, 0.2) is 11.5 Å². The molecular formula is C64H76F2N8O8. The third-order valence-corrected chi connectivity index (χ3v) is 17.4. The van der Waals surface area contributed by atoms with Gasteiger partial charge in [-0.2, -0.15) is 0 Å². The molecule has 0 bridgehead atoms. The molecule has 6 aromatic rings. The summed E-state index contributed by atoms with van der Waals surface area (Å²) in [6, 6.07) is 29.2. The SMILES string of the molecule is CC(=O)N1CCC(CNC(=O)Cc2ccc3c(OC(=O)C(=O)Oc4cn(C5CCN(CC(F)c6ccccc6)CC5)c5cc(CC(=O)NCC6CCN(C(C)=O)CC6)ccc45)cn(C4CCN(CC(F)c5ccccc5)CC4)c3c2)CC1. The van der Waals surface area contributed by atoms with Crippen molar-refractivity contribution in [1.29, 1.82) is 0 Å². The highest BCUT2D eigenvalue weighted by atomic mass is 19.1. The summed E-state index contributed by atoms with van der Waals surface area (Å²) in [5.41, 5.74) is 4.22. The lowest BCUT2D eigenvalue weighted by Gasteiger charge is -2.33. The molecule has 2 N–H and O–H groups in total. The average molecular weight is 1120 g/mol. The second-order valence-electron chi connectivity index (χ2n) is 23.0. The monoisotopic (exact) mass is 1120 g/mol. The van der Waals surface area contributed by atoms with Crippen LogP contribution in [0.2, 0.25) is 0 Å². The second kappa shape index (κ2) is 26.6. The van der Waals surface area contributed by atoms with Crippen LogP contribution in [0.1, 0.15) is 112 Å². The van der Waals surface area contributed by atoms with Gasteiger partial charge in [0.05, 0.1) is 23.9 Å². The van der Waals surface area contributed by atoms with Crippen molar-refractivity contribution in [2.45, 2.75) is 102 Å². The number of hydrogen-bond donors (Lipinski definition) is 2. The predicted molar refractivity (Wildman–Crippen MR) is 309 cm³/mol. The zero-order valence-corrected chi connectivity index (χ0v) is 47.1. The number of nitrogens with zero attached hydrogens (tertiary/aromatic N) is 6. The molecule has 4 aromatic carbocycles. The van der Waals surface area contributed by atoms with Crippen LogP contribution >= 0.6 is 0 Å². The number of alkyl halides is 2. The lowest BCUT2D eigenvalue weighted by molar-refractivity contribution is -0.156. The highest BCUT2D eigenvalue weighted by Crippen LogP contribution is 2.38. The molecule has 0 aliphatic carbocycles. The number of carbonyl (C=O) groups is 6. The highest BCUT2D eigenvalue weighted by Gasteiger charge is 2.31. The van der Waals surface area contributed by atoms with Crippen LogP contribution in [0.4, 0.5) is 8.78 Å². The van der Waals surface area contributed by atoms with Crippen LogP contribution in [0.3, 0.4) is 0 Å². The Labute approximate surface area is 478 Å². The van der Waals surface area contributed by atoms with E-state index in [0.717, 1.165) is 47.8 Å². The molecule has 2 aromatic heterocycles. The Bertz CT molecular complexity index is 3000. The summed E-state index contributed by atoms with van der Waals surface area (Å²) in [6.45, 7) is 9.94. The zero-order chi connectivity index (χ0) is 57.3. The van der Waals surface area contributed by atoms with Crippen LogP contribution < -0.4 is 20.1 Å². The minimum Gasteiger partial charge on any atom is -0.416 e. The van der Waals surface area contributed by atoms with Gasteiger partial charge >= 0.3 is 11.9 Å². The zero-order valence-electron chi connectivity index (χ0n) is 47.1. The van der Waals surface area contributed by atoms with E-state index < -0.39 is 24.3 Å². The van der Waals surface area contributed by atoms with E-state index in [1.165, 1.54) is 0 Å². The van der Waals surface area contributed by atoms with Gasteiger partial charge in [0, 0.05) is 128 Å². The molecule has 4 saturated heterocycles. The molecular weight excluding hydrogens is 1050 g/mol. The van der Waals surface area contributed by atoms with Crippen molar-refractivity contribution in [3.05, 3.63) is 132 Å². The number of piperidine rings is 4. The van der Waals surface area contributed by atoms with Crippen molar-refractivity contribution in [3.63, 3.8) is 0 Å². The van der Waals surface area contributed by atoms with E-state index in [1.54, 1.807) is 62.6 Å². The highest BCUT2D eigenvalue weighted by molar-refractivity contribution is 6.31. The summed E-state index contributed by atoms with van der Waals surface area (Å²) in [6.07, 6.45) is 7.41. The summed E-state index contributed by atoms with van der Waals surface area (Å²) in [4.78, 5) is 86.4. The van der Waals surface area contributed by atoms with E-state index in [1.807, 2.05) is 79.6 Å². The molecule has 6 heterocycles. The summed E-state index contributed by atoms with van der Waals surface area (Å²) in [7, 11) is 0. The third-order valence-electron chi connectivity index (χ3n) is 17.4. The van der Waals surface area contributed by atoms with Crippen molar-refractivity contribution < 1.29 is 47.0 Å². The first-order chi connectivity index (χ1) is 39.7. The van der Waals surface area contributed by atoms with Crippen LogP contribution in [0.5, 0.6) is 11.5 Å². The van der Waals surface area contributed by atoms with Gasteiger partial charge in [0.1, 0.15) is 12.3 Å². The molecule has 4 amide bonds. The number of esters is 2. The van der Waals surface area contributed by atoms with E-state index in [-0.39, 0.29) is 85.0 Å². The number of fused-ring (bicyclic) bond motifs is 2. The molecule has 0 saturated carbocycles. The molecule has 0 radical (unpaired) electrons. The lowest BCUT2D eigenvalue weighted by Crippen LogP contribution is -2.40. The molecule has 16 nitrogen and oxygen atoms in total. The number of carbonyl (C=O) groups excluding carboxylic acids is 6. The molecule has 2 unspecified atom stereocenters. The van der Waals surface area contributed by atoms with E-state index in [0.29, 0.717) is 113 Å². The van der Waals surface area contributed by atoms with Gasteiger partial charge in [0.2, 0.25) is 23.6 Å². The second-order valence-corrected chi connectivity index (χ2v) is 23.0. The number of amides is 4. The Morgan fingerprint density at radius 1 is 0.500 bits per heavy atom. The number of nitrogens with one attached hydrogen (secondary N) is 2. The molecule has 82 heavy (non-hydrogen) atoms. The van der Waals surface area contributed by atoms with Crippen molar-refractivity contribution in [2.24, 2.45) is 11.8 Å². The van der Waals surface area contributed by atoms with E-state index in [2.05, 4.69) is 20.4 Å². The number of ether oxygens (including phenoxy) is 2. The van der Waals surface area contributed by atoms with Crippen LogP contribution in [-0.2, 0) is 41.6 Å². The number of benzene rings is 4. The van der Waals surface area contributed by atoms with Gasteiger partial charge in [0.25, 0.3) is 0 Å². The van der Waals surface area contributed by atoms with Crippen molar-refractivity contribution >= 4 is 57.4 Å². The minimum atomic E-state index is -1.23. The smallest absolute Gasteiger partial charge is 0.416 e. The lowest BCUT2D eigenvalue weighted by atomic mass is 9.96. The molecule has 10 rings (SSSR count). The maximum atomic E-state index is 15.4. The predicted octanol–water partition coefficient (Wildman–Crippen LogP) is 8.64. The Hall–Kier alpha value is -7.44. The van der Waals surface area contributed by atoms with Crippen LogP contribution in [-0.4, -0.2) is 143 Å². The molecule has 18 heteroatoms. The number of likely N-dealkylation sites (tertiary alicyclic amines) is 4. The van der Waals surface area contributed by atoms with E-state index >= 15 is 8.78 Å². The molecule has 4 aliphatic heterocycles. The number of hydrogen-bond acceptors (Lipinski definition) is 10. The quantitative estimate of drug-likeness (QED) is 0.0628. The van der Waals surface area contributed by atoms with Crippen molar-refractivity contribution in [3.8, 4) is 11.5 Å². The largest absolute Gasteiger partial charge is 0.423 e. The van der Waals surface area contributed by atoms with Gasteiger partial charge in [-0.3, -0.25) is 29.0 Å². The standard InChI is InChI=1S/C64H76F2N8O8/c1-43(75)71-29-17-45(18-30-71)37-67-61(77)35-47-13-15-53-57(33-47)73(51-21-25-69(26-22-51)39-55(65)49-9-5-3-6-10-49)41-59(53)81-63(79)64(80)82-60-42-74(52-23-27-70(28-24-52)40-56(66)50-11-7-4-8-12-50)58-34-48(14-16-54(58)60)36-62(78)68-38-46-19-31-72(32-20-46)44(2)76/h3-16,33-34,41-42,45-46,51-52,55-56H,17-32,35-40H2,1-2H3,(H,67,77)(H,68,78). The Morgan fingerprint density at radius 3 is 1.22 bits per heavy atom. The van der Waals surface area contributed by atoms with Crippen molar-refractivity contribution in [1.82, 2.24) is 39.4 Å². The number of aromatic nitrogens is 2. The first-order valence-corrected chi connectivity index (χ1v) is 29.3. The fourth-order valence-corrected chi connectivity index (χ4v) is 12.5. The molecule has 4 fully saturated rings. The Kier molecular flexibility index (Phi) is 18.8. The van der Waals surface area contributed by atoms with Gasteiger partial charge in [-0.25, -0.2) is 18.4 Å². The molecule has 434 valence electrons. The summed E-state index contributed by atoms with van der Waals surface area (Å²) in [5, 5.41) is 7.32. The summed E-state index contributed by atoms with van der Waals surface area (Å²) in [5.74, 6) is -1.74. The Balaban J connectivity index is 0.845. The van der Waals surface area contributed by atoms with E-state index in [4.69, 9.17) is 9.47 Å². The minimum absolute atomic E-state index is 0.0623. The topological polar surface area (TPSA) is 168 Å². The van der Waals surface area contributed by atoms with Gasteiger partial charge in [-0.1, -0.05) is 72.8 Å². The number of rotatable bonds is 18. The van der Waals surface area contributed by atoms with Gasteiger partial charge in [-0.05, 0) is 110 Å². The molecule has 2 atom stereocenters. The summed E-state index contributed by atoms with van der Waals surface area (Å²) >= 11 is 0. The maximum Gasteiger partial charge on any atom is 0.423 e. The third kappa shape index (κ3) is 14.4. The Morgan fingerprint density at radius 2 is 0.866 bits per heavy atom. The average Bonchev–Trinajstić information content (AvgIpc) is 4.04. The fourth-order valence-electron chi connectivity index (χ4n) is 12.5. The van der Waals surface area contributed by atoms with Crippen molar-refractivity contribution in [2.75, 3.05) is 78.5 Å². The first-order valence-electron chi connectivity index (χ1n) is 29.3. The van der Waals surface area contributed by atoms with Gasteiger partial charge in [-0.15, -0.1) is 0 Å². The summed E-state index contributed by atoms with van der Waals surface area (Å²) < 4.78 is 46.9. The first kappa shape index (κ1) is 57.8. The van der Waals surface area contributed by atoms with Gasteiger partial charge < -0.3 is 39.0 Å². The normalized spacial score (nSPS) is 18.1. The fraction of sp³-hybridized carbons (Fsp3) is 0.469. The molecule has 0 spiro atoms.